The highest BCUT2D eigenvalue weighted by molar-refractivity contribution is 5.91. The molecule has 0 saturated carbocycles. The van der Waals surface area contributed by atoms with Crippen LogP contribution in [0.15, 0.2) is 22.8 Å². The van der Waals surface area contributed by atoms with E-state index in [9.17, 15) is 4.79 Å². The number of carbonyl (C=O) groups excluding carboxylic acids is 1. The Kier molecular flexibility index (Phi) is 4.81. The summed E-state index contributed by atoms with van der Waals surface area (Å²) in [6.45, 7) is 7.09. The Labute approximate surface area is 109 Å². The number of furan rings is 1. The van der Waals surface area contributed by atoms with E-state index in [4.69, 9.17) is 4.42 Å². The number of unbranched alkanes of at least 4 members (excludes halogenated alkanes) is 1. The number of carbonyl (C=O) groups is 1. The van der Waals surface area contributed by atoms with Crippen molar-refractivity contribution in [1.29, 1.82) is 0 Å². The van der Waals surface area contributed by atoms with Crippen LogP contribution in [-0.4, -0.2) is 48.4 Å². The average Bonchev–Trinajstić information content (AvgIpc) is 2.82. The van der Waals surface area contributed by atoms with Crippen molar-refractivity contribution in [2.75, 3.05) is 32.7 Å². The Balaban J connectivity index is 1.87. The fraction of sp³-hybridized carbons (Fsp3) is 0.643. The van der Waals surface area contributed by atoms with Gasteiger partial charge in [-0.15, -0.1) is 0 Å². The van der Waals surface area contributed by atoms with Crippen molar-refractivity contribution in [3.05, 3.63) is 24.2 Å². The summed E-state index contributed by atoms with van der Waals surface area (Å²) < 4.78 is 5.18. The molecule has 0 spiro atoms. The second-order valence-electron chi connectivity index (χ2n) is 4.82. The molecule has 0 radical (unpaired) electrons. The van der Waals surface area contributed by atoms with E-state index in [1.807, 2.05) is 4.90 Å². The molecule has 1 saturated heterocycles. The third-order valence-corrected chi connectivity index (χ3v) is 3.44. The summed E-state index contributed by atoms with van der Waals surface area (Å²) in [7, 11) is 0. The first kappa shape index (κ1) is 13.1. The number of amides is 1. The highest BCUT2D eigenvalue weighted by atomic mass is 16.3. The van der Waals surface area contributed by atoms with E-state index in [0.29, 0.717) is 5.76 Å². The van der Waals surface area contributed by atoms with Gasteiger partial charge in [-0.25, -0.2) is 0 Å². The lowest BCUT2D eigenvalue weighted by Crippen LogP contribution is -2.35. The van der Waals surface area contributed by atoms with Crippen LogP contribution in [0.2, 0.25) is 0 Å². The number of hydrogen-bond acceptors (Lipinski definition) is 3. The van der Waals surface area contributed by atoms with Gasteiger partial charge in [0.2, 0.25) is 0 Å². The topological polar surface area (TPSA) is 36.7 Å². The van der Waals surface area contributed by atoms with Gasteiger partial charge in [0.15, 0.2) is 5.76 Å². The predicted molar refractivity (Wildman–Crippen MR) is 70.6 cm³/mol. The third-order valence-electron chi connectivity index (χ3n) is 3.44. The zero-order chi connectivity index (χ0) is 12.8. The van der Waals surface area contributed by atoms with E-state index in [0.717, 1.165) is 39.1 Å². The maximum Gasteiger partial charge on any atom is 0.289 e. The minimum atomic E-state index is 0.0253. The lowest BCUT2D eigenvalue weighted by Gasteiger charge is -2.21. The molecule has 1 aliphatic rings. The van der Waals surface area contributed by atoms with Crippen molar-refractivity contribution in [3.8, 4) is 0 Å². The molecule has 4 nitrogen and oxygen atoms in total. The van der Waals surface area contributed by atoms with Crippen molar-refractivity contribution in [1.82, 2.24) is 9.80 Å². The monoisotopic (exact) mass is 250 g/mol. The summed E-state index contributed by atoms with van der Waals surface area (Å²) in [6, 6.07) is 3.50. The molecule has 2 heterocycles. The van der Waals surface area contributed by atoms with E-state index in [2.05, 4.69) is 11.8 Å². The molecule has 1 fully saturated rings. The highest BCUT2D eigenvalue weighted by Crippen LogP contribution is 2.10. The molecule has 0 bridgehead atoms. The Bertz CT molecular complexity index is 362. The standard InChI is InChI=1S/C14H22N2O2/c1-2-3-7-15-8-5-9-16(11-10-15)14(17)13-6-4-12-18-13/h4,6,12H,2-3,5,7-11H2,1H3. The molecular weight excluding hydrogens is 228 g/mol. The molecule has 1 aliphatic heterocycles. The van der Waals surface area contributed by atoms with E-state index >= 15 is 0 Å². The summed E-state index contributed by atoms with van der Waals surface area (Å²) in [5, 5.41) is 0. The average molecular weight is 250 g/mol. The van der Waals surface area contributed by atoms with Crippen LogP contribution in [0.4, 0.5) is 0 Å². The second-order valence-corrected chi connectivity index (χ2v) is 4.82. The van der Waals surface area contributed by atoms with Crippen LogP contribution in [0.25, 0.3) is 0 Å². The molecule has 0 aromatic carbocycles. The molecule has 1 aromatic heterocycles. The van der Waals surface area contributed by atoms with Gasteiger partial charge >= 0.3 is 0 Å². The Morgan fingerprint density at radius 2 is 2.22 bits per heavy atom. The molecule has 0 atom stereocenters. The van der Waals surface area contributed by atoms with E-state index in [-0.39, 0.29) is 5.91 Å². The summed E-state index contributed by atoms with van der Waals surface area (Å²) in [5.41, 5.74) is 0. The van der Waals surface area contributed by atoms with E-state index < -0.39 is 0 Å². The summed E-state index contributed by atoms with van der Waals surface area (Å²) in [5.74, 6) is 0.481. The summed E-state index contributed by atoms with van der Waals surface area (Å²) in [6.07, 6.45) is 5.08. The second kappa shape index (κ2) is 6.59. The van der Waals surface area contributed by atoms with Gasteiger partial charge in [-0.2, -0.15) is 0 Å². The maximum atomic E-state index is 12.1. The minimum Gasteiger partial charge on any atom is -0.459 e. The SMILES string of the molecule is CCCCN1CCCN(C(=O)c2ccco2)CC1. The van der Waals surface area contributed by atoms with Crippen molar-refractivity contribution >= 4 is 5.91 Å². The van der Waals surface area contributed by atoms with Gasteiger partial charge in [0, 0.05) is 19.6 Å². The van der Waals surface area contributed by atoms with Gasteiger partial charge in [0.25, 0.3) is 5.91 Å². The third kappa shape index (κ3) is 3.35. The lowest BCUT2D eigenvalue weighted by molar-refractivity contribution is 0.0729. The molecule has 0 aliphatic carbocycles. The molecule has 2 rings (SSSR count). The van der Waals surface area contributed by atoms with Crippen LogP contribution in [0, 0.1) is 0 Å². The molecular formula is C14H22N2O2. The largest absolute Gasteiger partial charge is 0.459 e. The number of nitrogens with zero attached hydrogens (tertiary/aromatic N) is 2. The first-order chi connectivity index (χ1) is 8.81. The Morgan fingerprint density at radius 1 is 1.33 bits per heavy atom. The van der Waals surface area contributed by atoms with Crippen LogP contribution >= 0.6 is 0 Å². The first-order valence-corrected chi connectivity index (χ1v) is 6.86. The van der Waals surface area contributed by atoms with Crippen molar-refractivity contribution in [2.45, 2.75) is 26.2 Å². The van der Waals surface area contributed by atoms with Crippen LogP contribution in [-0.2, 0) is 0 Å². The Hall–Kier alpha value is -1.29. The van der Waals surface area contributed by atoms with E-state index in [1.165, 1.54) is 12.8 Å². The first-order valence-electron chi connectivity index (χ1n) is 6.86. The molecule has 0 N–H and O–H groups in total. The van der Waals surface area contributed by atoms with Crippen molar-refractivity contribution in [3.63, 3.8) is 0 Å². The number of hydrogen-bond donors (Lipinski definition) is 0. The fourth-order valence-corrected chi connectivity index (χ4v) is 2.34. The van der Waals surface area contributed by atoms with Gasteiger partial charge in [0.05, 0.1) is 6.26 Å². The normalized spacial score (nSPS) is 17.7. The smallest absolute Gasteiger partial charge is 0.289 e. The lowest BCUT2D eigenvalue weighted by atomic mass is 10.3. The van der Waals surface area contributed by atoms with Gasteiger partial charge in [-0.1, -0.05) is 13.3 Å². The zero-order valence-corrected chi connectivity index (χ0v) is 11.1. The minimum absolute atomic E-state index is 0.0253. The highest BCUT2D eigenvalue weighted by Gasteiger charge is 2.21. The predicted octanol–water partition coefficient (Wildman–Crippen LogP) is 2.23. The van der Waals surface area contributed by atoms with Crippen molar-refractivity contribution in [2.24, 2.45) is 0 Å². The summed E-state index contributed by atoms with van der Waals surface area (Å²) >= 11 is 0. The maximum absolute atomic E-state index is 12.1. The van der Waals surface area contributed by atoms with Gasteiger partial charge in [-0.05, 0) is 38.1 Å². The van der Waals surface area contributed by atoms with Gasteiger partial charge in [-0.3, -0.25) is 4.79 Å². The van der Waals surface area contributed by atoms with Crippen LogP contribution < -0.4 is 0 Å². The van der Waals surface area contributed by atoms with Crippen molar-refractivity contribution < 1.29 is 9.21 Å². The van der Waals surface area contributed by atoms with Crippen LogP contribution in [0.3, 0.4) is 0 Å². The van der Waals surface area contributed by atoms with Gasteiger partial charge in [0.1, 0.15) is 0 Å². The van der Waals surface area contributed by atoms with E-state index in [1.54, 1.807) is 18.4 Å². The Morgan fingerprint density at radius 3 is 2.94 bits per heavy atom. The fourth-order valence-electron chi connectivity index (χ4n) is 2.34. The molecule has 1 aromatic rings. The summed E-state index contributed by atoms with van der Waals surface area (Å²) in [4.78, 5) is 16.5. The number of rotatable bonds is 4. The molecule has 18 heavy (non-hydrogen) atoms. The zero-order valence-electron chi connectivity index (χ0n) is 11.1. The molecule has 100 valence electrons. The van der Waals surface area contributed by atoms with Gasteiger partial charge < -0.3 is 14.2 Å². The molecule has 1 amide bonds. The van der Waals surface area contributed by atoms with Crippen LogP contribution in [0.5, 0.6) is 0 Å². The van der Waals surface area contributed by atoms with Crippen LogP contribution in [0.1, 0.15) is 36.7 Å². The quantitative estimate of drug-likeness (QED) is 0.822. The molecule has 0 unspecified atom stereocenters. The molecule has 4 heteroatoms.